The number of nitrogens with zero attached hydrogens (tertiary/aromatic N) is 2. The van der Waals surface area contributed by atoms with E-state index >= 15 is 0 Å². The van der Waals surface area contributed by atoms with Crippen molar-refractivity contribution in [1.29, 1.82) is 5.41 Å². The molecule has 0 fully saturated rings. The molecule has 0 unspecified atom stereocenters. The summed E-state index contributed by atoms with van der Waals surface area (Å²) in [5, 5.41) is 23.3. The predicted molar refractivity (Wildman–Crippen MR) is 69.8 cm³/mol. The van der Waals surface area contributed by atoms with Crippen molar-refractivity contribution < 1.29 is 15.1 Å². The number of hydrogen-bond acceptors (Lipinski definition) is 4. The van der Waals surface area contributed by atoms with Crippen LogP contribution in [0.3, 0.4) is 0 Å². The first-order valence-electron chi connectivity index (χ1n) is 5.02. The van der Waals surface area contributed by atoms with Crippen LogP contribution in [0, 0.1) is 15.5 Å². The molecule has 9 nitrogen and oxygen atoms in total. The SMILES string of the molecule is CC(=O)N(C)c1ccc(NC(=N)N)cc1.O=[N+]([O-])O. The van der Waals surface area contributed by atoms with E-state index in [1.807, 2.05) is 0 Å². The van der Waals surface area contributed by atoms with Crippen LogP contribution in [0.1, 0.15) is 6.92 Å². The standard InChI is InChI=1S/C10H14N4O.HNO3/c1-7(15)14(2)9-5-3-8(4-6-9)13-10(11)12;2-1(3)4/h3-6H,1-2H3,(H4,11,12,13);(H,2,3,4). The molecule has 0 saturated carbocycles. The van der Waals surface area contributed by atoms with Gasteiger partial charge in [0, 0.05) is 25.3 Å². The normalized spacial score (nSPS) is 8.74. The highest BCUT2D eigenvalue weighted by atomic mass is 16.9. The average molecular weight is 269 g/mol. The number of rotatable bonds is 2. The first-order valence-corrected chi connectivity index (χ1v) is 5.02. The van der Waals surface area contributed by atoms with Crippen molar-refractivity contribution in [2.75, 3.05) is 17.3 Å². The van der Waals surface area contributed by atoms with Gasteiger partial charge in [-0.25, -0.2) is 0 Å². The Bertz CT molecular complexity index is 455. The first kappa shape index (κ1) is 16.2. The van der Waals surface area contributed by atoms with E-state index in [9.17, 15) is 4.79 Å². The topological polar surface area (TPSA) is 146 Å². The number of carbonyl (C=O) groups excluding carboxylic acids is 1. The minimum Gasteiger partial charge on any atom is -0.370 e. The van der Waals surface area contributed by atoms with Crippen LogP contribution in [-0.2, 0) is 4.79 Å². The van der Waals surface area contributed by atoms with Gasteiger partial charge in [-0.05, 0) is 24.3 Å². The zero-order valence-electron chi connectivity index (χ0n) is 10.5. The quantitative estimate of drug-likeness (QED) is 0.268. The van der Waals surface area contributed by atoms with Crippen molar-refractivity contribution in [2.45, 2.75) is 6.92 Å². The number of nitrogens with two attached hydrogens (primary N) is 1. The van der Waals surface area contributed by atoms with E-state index in [1.54, 1.807) is 31.3 Å². The molecule has 1 amide bonds. The Kier molecular flexibility index (Phi) is 6.36. The molecule has 5 N–H and O–H groups in total. The number of anilines is 2. The predicted octanol–water partition coefficient (Wildman–Crippen LogP) is 0.627. The number of hydrogen-bond donors (Lipinski definition) is 4. The van der Waals surface area contributed by atoms with Gasteiger partial charge in [0.2, 0.25) is 5.91 Å². The molecule has 0 heterocycles. The highest BCUT2D eigenvalue weighted by molar-refractivity contribution is 5.92. The number of carbonyl (C=O) groups is 1. The molecule has 19 heavy (non-hydrogen) atoms. The van der Waals surface area contributed by atoms with Crippen LogP contribution >= 0.6 is 0 Å². The van der Waals surface area contributed by atoms with Gasteiger partial charge in [0.15, 0.2) is 5.96 Å². The smallest absolute Gasteiger partial charge is 0.291 e. The molecule has 1 aromatic carbocycles. The summed E-state index contributed by atoms with van der Waals surface area (Å²) in [6, 6.07) is 7.09. The van der Waals surface area contributed by atoms with E-state index in [0.29, 0.717) is 0 Å². The van der Waals surface area contributed by atoms with Gasteiger partial charge in [-0.15, -0.1) is 10.1 Å². The molecular weight excluding hydrogens is 254 g/mol. The molecule has 104 valence electrons. The molecule has 0 aliphatic rings. The lowest BCUT2D eigenvalue weighted by atomic mass is 10.2. The van der Waals surface area contributed by atoms with E-state index in [1.165, 1.54) is 11.8 Å². The second kappa shape index (κ2) is 7.48. The lowest BCUT2D eigenvalue weighted by Crippen LogP contribution is -2.23. The molecule has 1 aromatic rings. The molecule has 9 heteroatoms. The third-order valence-electron chi connectivity index (χ3n) is 2.01. The van der Waals surface area contributed by atoms with Gasteiger partial charge in [-0.3, -0.25) is 10.2 Å². The minimum atomic E-state index is -1.50. The first-order chi connectivity index (χ1) is 8.73. The maximum absolute atomic E-state index is 11.1. The Labute approximate surface area is 109 Å². The minimum absolute atomic E-state index is 0.0257. The van der Waals surface area contributed by atoms with Crippen LogP contribution in [0.15, 0.2) is 24.3 Å². The van der Waals surface area contributed by atoms with E-state index in [4.69, 9.17) is 26.5 Å². The Morgan fingerprint density at radius 3 is 2.21 bits per heavy atom. The summed E-state index contributed by atoms with van der Waals surface area (Å²) in [5.74, 6) is -0.134. The van der Waals surface area contributed by atoms with Crippen LogP contribution in [-0.4, -0.2) is 29.2 Å². The second-order valence-electron chi connectivity index (χ2n) is 3.40. The summed E-state index contributed by atoms with van der Waals surface area (Å²) < 4.78 is 0. The van der Waals surface area contributed by atoms with Gasteiger partial charge < -0.3 is 21.2 Å². The van der Waals surface area contributed by atoms with Crippen molar-refractivity contribution in [2.24, 2.45) is 5.73 Å². The van der Waals surface area contributed by atoms with Crippen LogP contribution in [0.4, 0.5) is 11.4 Å². The molecular formula is C10H15N5O4. The highest BCUT2D eigenvalue weighted by Crippen LogP contribution is 2.16. The fourth-order valence-electron chi connectivity index (χ4n) is 1.11. The van der Waals surface area contributed by atoms with Crippen molar-refractivity contribution in [3.63, 3.8) is 0 Å². The van der Waals surface area contributed by atoms with Gasteiger partial charge in [0.05, 0.1) is 0 Å². The van der Waals surface area contributed by atoms with Gasteiger partial charge in [-0.1, -0.05) is 0 Å². The molecule has 0 bridgehead atoms. The van der Waals surface area contributed by atoms with Crippen molar-refractivity contribution in [1.82, 2.24) is 0 Å². The molecule has 0 atom stereocenters. The highest BCUT2D eigenvalue weighted by Gasteiger charge is 2.04. The summed E-state index contributed by atoms with van der Waals surface area (Å²) in [4.78, 5) is 21.0. The third kappa shape index (κ3) is 7.15. The Morgan fingerprint density at radius 2 is 1.89 bits per heavy atom. The van der Waals surface area contributed by atoms with Crippen molar-refractivity contribution in [3.05, 3.63) is 34.4 Å². The Morgan fingerprint density at radius 1 is 1.47 bits per heavy atom. The zero-order valence-corrected chi connectivity index (χ0v) is 10.5. The lowest BCUT2D eigenvalue weighted by molar-refractivity contribution is -0.742. The van der Waals surface area contributed by atoms with Crippen LogP contribution in [0.5, 0.6) is 0 Å². The second-order valence-corrected chi connectivity index (χ2v) is 3.40. The summed E-state index contributed by atoms with van der Waals surface area (Å²) in [7, 11) is 1.70. The molecule has 0 saturated heterocycles. The van der Waals surface area contributed by atoms with Crippen LogP contribution in [0.25, 0.3) is 0 Å². The zero-order chi connectivity index (χ0) is 15.0. The largest absolute Gasteiger partial charge is 0.370 e. The summed E-state index contributed by atoms with van der Waals surface area (Å²) in [5.41, 5.74) is 6.71. The van der Waals surface area contributed by atoms with E-state index in [2.05, 4.69) is 5.32 Å². The molecule has 0 aliphatic carbocycles. The molecule has 0 aliphatic heterocycles. The van der Waals surface area contributed by atoms with E-state index in [-0.39, 0.29) is 11.9 Å². The number of benzene rings is 1. The van der Waals surface area contributed by atoms with Gasteiger partial charge >= 0.3 is 0 Å². The van der Waals surface area contributed by atoms with Gasteiger partial charge in [-0.2, -0.15) is 0 Å². The van der Waals surface area contributed by atoms with E-state index < -0.39 is 5.09 Å². The third-order valence-corrected chi connectivity index (χ3v) is 2.01. The fraction of sp³-hybridized carbons (Fsp3) is 0.200. The van der Waals surface area contributed by atoms with Gasteiger partial charge in [0.1, 0.15) is 0 Å². The summed E-state index contributed by atoms with van der Waals surface area (Å²) in [6.07, 6.45) is 0. The molecule has 0 radical (unpaired) electrons. The van der Waals surface area contributed by atoms with Crippen molar-refractivity contribution in [3.8, 4) is 0 Å². The number of nitrogens with one attached hydrogen (secondary N) is 2. The molecule has 1 rings (SSSR count). The average Bonchev–Trinajstić information content (AvgIpc) is 2.27. The maximum Gasteiger partial charge on any atom is 0.291 e. The van der Waals surface area contributed by atoms with Crippen LogP contribution in [0.2, 0.25) is 0 Å². The Balaban J connectivity index is 0.000000711. The molecule has 0 spiro atoms. The van der Waals surface area contributed by atoms with Crippen molar-refractivity contribution >= 4 is 23.2 Å². The monoisotopic (exact) mass is 269 g/mol. The number of guanidine groups is 1. The fourth-order valence-corrected chi connectivity index (χ4v) is 1.11. The maximum atomic E-state index is 11.1. The van der Waals surface area contributed by atoms with Gasteiger partial charge in [0.25, 0.3) is 5.09 Å². The van der Waals surface area contributed by atoms with Crippen LogP contribution < -0.4 is 16.0 Å². The Hall–Kier alpha value is -2.84. The molecule has 0 aromatic heterocycles. The van der Waals surface area contributed by atoms with E-state index in [0.717, 1.165) is 11.4 Å². The summed E-state index contributed by atoms with van der Waals surface area (Å²) >= 11 is 0. The lowest BCUT2D eigenvalue weighted by Gasteiger charge is -2.15. The summed E-state index contributed by atoms with van der Waals surface area (Å²) in [6.45, 7) is 1.50. The number of amides is 1.